The molecule has 0 heterocycles. The molecule has 0 saturated carbocycles. The van der Waals surface area contributed by atoms with E-state index in [1.807, 2.05) is 0 Å². The van der Waals surface area contributed by atoms with Crippen molar-refractivity contribution in [1.82, 2.24) is 0 Å². The molecular weight excluding hydrogens is 316 g/mol. The minimum absolute atomic E-state index is 0.0892. The summed E-state index contributed by atoms with van der Waals surface area (Å²) >= 11 is 0. The van der Waals surface area contributed by atoms with E-state index in [-0.39, 0.29) is 16.9 Å². The van der Waals surface area contributed by atoms with Gasteiger partial charge in [-0.15, -0.1) is 0 Å². The molecule has 0 aliphatic rings. The van der Waals surface area contributed by atoms with Crippen LogP contribution in [0.3, 0.4) is 0 Å². The zero-order valence-corrected chi connectivity index (χ0v) is 14.0. The van der Waals surface area contributed by atoms with E-state index in [1.165, 1.54) is 45.4 Å². The molecule has 1 rings (SSSR count). The van der Waals surface area contributed by atoms with Gasteiger partial charge in [-0.25, -0.2) is 9.59 Å². The summed E-state index contributed by atoms with van der Waals surface area (Å²) in [5, 5.41) is 9.40. The average molecular weight is 336 g/mol. The number of allylic oxidation sites excluding steroid dienone is 1. The van der Waals surface area contributed by atoms with Crippen LogP contribution in [0.5, 0.6) is 5.75 Å². The molecule has 1 N–H and O–H groups in total. The fraction of sp³-hybridized carbons (Fsp3) is 0.353. The predicted octanol–water partition coefficient (Wildman–Crippen LogP) is 2.51. The number of carbonyl (C=O) groups is 3. The highest BCUT2D eigenvalue weighted by Crippen LogP contribution is 2.31. The van der Waals surface area contributed by atoms with Gasteiger partial charge in [0, 0.05) is 6.92 Å². The summed E-state index contributed by atoms with van der Waals surface area (Å²) in [6, 6.07) is 4.42. The van der Waals surface area contributed by atoms with E-state index in [4.69, 9.17) is 14.2 Å². The van der Waals surface area contributed by atoms with E-state index >= 15 is 0 Å². The molecule has 1 aromatic carbocycles. The lowest BCUT2D eigenvalue weighted by atomic mass is 9.98. The highest BCUT2D eigenvalue weighted by molar-refractivity contribution is 5.93. The lowest BCUT2D eigenvalue weighted by Crippen LogP contribution is -2.18. The van der Waals surface area contributed by atoms with Gasteiger partial charge < -0.3 is 19.3 Å². The number of benzene rings is 1. The molecular formula is C17H20O7. The number of carboxylic acid groups (broad SMARTS) is 1. The average Bonchev–Trinajstić information content (AvgIpc) is 2.56. The first kappa shape index (κ1) is 19.2. The Bertz CT molecular complexity index is 661. The second-order valence-corrected chi connectivity index (χ2v) is 4.81. The number of hydrogen-bond donors (Lipinski definition) is 1. The maximum absolute atomic E-state index is 11.9. The van der Waals surface area contributed by atoms with Gasteiger partial charge in [0.2, 0.25) is 0 Å². The molecule has 0 fully saturated rings. The normalized spacial score (nSPS) is 12.2. The van der Waals surface area contributed by atoms with E-state index in [2.05, 4.69) is 0 Å². The van der Waals surface area contributed by atoms with Crippen LogP contribution >= 0.6 is 0 Å². The van der Waals surface area contributed by atoms with Gasteiger partial charge in [0.15, 0.2) is 6.10 Å². The van der Waals surface area contributed by atoms with Gasteiger partial charge in [-0.3, -0.25) is 4.79 Å². The zero-order valence-electron chi connectivity index (χ0n) is 14.0. The molecule has 7 heteroatoms. The first-order valence-electron chi connectivity index (χ1n) is 7.22. The number of carboxylic acids is 1. The van der Waals surface area contributed by atoms with Gasteiger partial charge in [0.25, 0.3) is 0 Å². The molecule has 0 aliphatic carbocycles. The van der Waals surface area contributed by atoms with Gasteiger partial charge in [0.1, 0.15) is 11.3 Å². The number of aliphatic carboxylic acids is 1. The maximum atomic E-state index is 11.9. The summed E-state index contributed by atoms with van der Waals surface area (Å²) in [6.07, 6.45) is 0.756. The third-order valence-electron chi connectivity index (χ3n) is 3.17. The quantitative estimate of drug-likeness (QED) is 0.603. The van der Waals surface area contributed by atoms with E-state index < -0.39 is 24.0 Å². The fourth-order valence-electron chi connectivity index (χ4n) is 2.16. The summed E-state index contributed by atoms with van der Waals surface area (Å²) in [6.45, 7) is 2.95. The Kier molecular flexibility index (Phi) is 6.98. The SMILES string of the molecule is CCC=C(C(=O)O)C(OC(C)=O)c1ccc(OC)c(C(=O)OC)c1. The van der Waals surface area contributed by atoms with Crippen molar-refractivity contribution >= 4 is 17.9 Å². The van der Waals surface area contributed by atoms with Crippen LogP contribution in [0.25, 0.3) is 0 Å². The molecule has 0 aromatic heterocycles. The Balaban J connectivity index is 3.48. The number of methoxy groups -OCH3 is 2. The predicted molar refractivity (Wildman–Crippen MR) is 84.9 cm³/mol. The smallest absolute Gasteiger partial charge is 0.341 e. The number of ether oxygens (including phenoxy) is 3. The Morgan fingerprint density at radius 3 is 2.38 bits per heavy atom. The summed E-state index contributed by atoms with van der Waals surface area (Å²) in [5.41, 5.74) is 0.345. The van der Waals surface area contributed by atoms with Crippen molar-refractivity contribution in [2.24, 2.45) is 0 Å². The van der Waals surface area contributed by atoms with Gasteiger partial charge in [-0.2, -0.15) is 0 Å². The van der Waals surface area contributed by atoms with E-state index in [9.17, 15) is 19.5 Å². The zero-order chi connectivity index (χ0) is 18.3. The van der Waals surface area contributed by atoms with Gasteiger partial charge in [-0.05, 0) is 24.1 Å². The van der Waals surface area contributed by atoms with Crippen LogP contribution < -0.4 is 4.74 Å². The highest BCUT2D eigenvalue weighted by Gasteiger charge is 2.27. The van der Waals surface area contributed by atoms with E-state index in [0.717, 1.165) is 0 Å². The molecule has 1 aromatic rings. The molecule has 0 saturated heterocycles. The molecule has 0 radical (unpaired) electrons. The molecule has 24 heavy (non-hydrogen) atoms. The minimum atomic E-state index is -1.21. The highest BCUT2D eigenvalue weighted by atomic mass is 16.5. The number of carbonyl (C=O) groups excluding carboxylic acids is 2. The van der Waals surface area contributed by atoms with Crippen molar-refractivity contribution in [2.45, 2.75) is 26.4 Å². The summed E-state index contributed by atoms with van der Waals surface area (Å²) in [5.74, 6) is -2.23. The van der Waals surface area contributed by atoms with E-state index in [0.29, 0.717) is 12.0 Å². The number of esters is 2. The second kappa shape index (κ2) is 8.71. The van der Waals surface area contributed by atoms with Crippen molar-refractivity contribution in [1.29, 1.82) is 0 Å². The molecule has 0 spiro atoms. The molecule has 7 nitrogen and oxygen atoms in total. The Labute approximate surface area is 139 Å². The van der Waals surface area contributed by atoms with Crippen LogP contribution in [0.2, 0.25) is 0 Å². The minimum Gasteiger partial charge on any atom is -0.496 e. The molecule has 130 valence electrons. The molecule has 0 amide bonds. The van der Waals surface area contributed by atoms with Crippen LogP contribution in [-0.4, -0.2) is 37.2 Å². The third kappa shape index (κ3) is 4.58. The Morgan fingerprint density at radius 1 is 1.25 bits per heavy atom. The van der Waals surface area contributed by atoms with E-state index in [1.54, 1.807) is 6.92 Å². The van der Waals surface area contributed by atoms with Crippen molar-refractivity contribution in [3.8, 4) is 5.75 Å². The van der Waals surface area contributed by atoms with Crippen LogP contribution in [0, 0.1) is 0 Å². The summed E-state index contributed by atoms with van der Waals surface area (Å²) < 4.78 is 15.0. The molecule has 0 bridgehead atoms. The third-order valence-corrected chi connectivity index (χ3v) is 3.17. The van der Waals surface area contributed by atoms with Crippen molar-refractivity contribution in [3.63, 3.8) is 0 Å². The first-order valence-corrected chi connectivity index (χ1v) is 7.22. The van der Waals surface area contributed by atoms with Crippen LogP contribution in [0.1, 0.15) is 42.3 Å². The fourth-order valence-corrected chi connectivity index (χ4v) is 2.16. The lowest BCUT2D eigenvalue weighted by molar-refractivity contribution is -0.146. The van der Waals surface area contributed by atoms with Gasteiger partial charge in [0.05, 0.1) is 19.8 Å². The van der Waals surface area contributed by atoms with Gasteiger partial charge in [-0.1, -0.05) is 19.1 Å². The molecule has 0 aliphatic heterocycles. The number of hydrogen-bond acceptors (Lipinski definition) is 6. The van der Waals surface area contributed by atoms with Crippen molar-refractivity contribution in [2.75, 3.05) is 14.2 Å². The largest absolute Gasteiger partial charge is 0.496 e. The Morgan fingerprint density at radius 2 is 1.92 bits per heavy atom. The standard InChI is InChI=1S/C17H20O7/c1-5-6-12(16(19)20)15(24-10(2)18)11-7-8-14(22-3)13(9-11)17(21)23-4/h6-9,15H,5H2,1-4H3,(H,19,20). The van der Waals surface area contributed by atoms with Gasteiger partial charge >= 0.3 is 17.9 Å². The van der Waals surface area contributed by atoms with Crippen LogP contribution in [0.15, 0.2) is 29.8 Å². The monoisotopic (exact) mass is 336 g/mol. The number of rotatable bonds is 7. The first-order chi connectivity index (χ1) is 11.3. The summed E-state index contributed by atoms with van der Waals surface area (Å²) in [7, 11) is 2.61. The van der Waals surface area contributed by atoms with Crippen molar-refractivity contribution < 1.29 is 33.7 Å². The van der Waals surface area contributed by atoms with Crippen molar-refractivity contribution in [3.05, 3.63) is 41.0 Å². The van der Waals surface area contributed by atoms with Crippen LogP contribution in [0.4, 0.5) is 0 Å². The molecule has 1 unspecified atom stereocenters. The van der Waals surface area contributed by atoms with Crippen LogP contribution in [-0.2, 0) is 19.1 Å². The second-order valence-electron chi connectivity index (χ2n) is 4.81. The topological polar surface area (TPSA) is 99.1 Å². The maximum Gasteiger partial charge on any atom is 0.341 e. The Hall–Kier alpha value is -2.83. The molecule has 1 atom stereocenters. The summed E-state index contributed by atoms with van der Waals surface area (Å²) in [4.78, 5) is 34.8. The lowest BCUT2D eigenvalue weighted by Gasteiger charge is -2.19.